The Balaban J connectivity index is 1.60. The maximum absolute atomic E-state index is 12.7. The van der Waals surface area contributed by atoms with Crippen LogP contribution in [0.25, 0.3) is 0 Å². The van der Waals surface area contributed by atoms with Gasteiger partial charge < -0.3 is 0 Å². The summed E-state index contributed by atoms with van der Waals surface area (Å²) < 4.78 is 50.5. The van der Waals surface area contributed by atoms with E-state index < -0.39 is 19.9 Å². The summed E-state index contributed by atoms with van der Waals surface area (Å²) in [5.41, 5.74) is 0. The summed E-state index contributed by atoms with van der Waals surface area (Å²) >= 11 is 1.35. The second-order valence-corrected chi connectivity index (χ2v) is 12.0. The molecule has 0 saturated carbocycles. The molecule has 2 fully saturated rings. The van der Waals surface area contributed by atoms with Gasteiger partial charge in [0, 0.05) is 37.1 Å². The monoisotopic (exact) mass is 392 g/mol. The van der Waals surface area contributed by atoms with Crippen molar-refractivity contribution in [1.82, 2.24) is 9.21 Å². The van der Waals surface area contributed by atoms with Gasteiger partial charge in [0.2, 0.25) is 0 Å². The minimum absolute atomic E-state index is 0.255. The number of thiophene rings is 1. The van der Waals surface area contributed by atoms with Crippen LogP contribution >= 0.6 is 11.3 Å². The number of hydrogen-bond donors (Lipinski definition) is 0. The molecule has 2 aliphatic heterocycles. The van der Waals surface area contributed by atoms with Gasteiger partial charge in [0.15, 0.2) is 0 Å². The third-order valence-corrected chi connectivity index (χ3v) is 10.2. The number of piperazine rings is 1. The van der Waals surface area contributed by atoms with Crippen LogP contribution in [0, 0.1) is 0 Å². The first-order valence-electron chi connectivity index (χ1n) is 8.35. The Labute approximate surface area is 148 Å². The van der Waals surface area contributed by atoms with Crippen molar-refractivity contribution in [2.24, 2.45) is 0 Å². The Bertz CT molecular complexity index is 763. The highest BCUT2D eigenvalue weighted by Gasteiger charge is 2.34. The van der Waals surface area contributed by atoms with Crippen LogP contribution in [0.15, 0.2) is 16.3 Å². The fourth-order valence-corrected chi connectivity index (χ4v) is 7.70. The lowest BCUT2D eigenvalue weighted by atomic mass is 10.1. The number of hydrogen-bond acceptors (Lipinski definition) is 6. The molecule has 0 aliphatic carbocycles. The first-order chi connectivity index (χ1) is 11.3. The summed E-state index contributed by atoms with van der Waals surface area (Å²) in [6, 6.07) is 3.86. The van der Waals surface area contributed by atoms with Crippen LogP contribution in [0.1, 0.15) is 24.6 Å². The summed E-state index contributed by atoms with van der Waals surface area (Å²) in [7, 11) is -6.25. The third-order valence-electron chi connectivity index (χ3n) is 4.89. The van der Waals surface area contributed by atoms with Gasteiger partial charge in [-0.3, -0.25) is 4.90 Å². The highest BCUT2D eigenvalue weighted by Crippen LogP contribution is 2.27. The van der Waals surface area contributed by atoms with Crippen LogP contribution in [0.2, 0.25) is 0 Å². The van der Waals surface area contributed by atoms with Gasteiger partial charge in [0.05, 0.1) is 11.5 Å². The van der Waals surface area contributed by atoms with Crippen molar-refractivity contribution in [2.45, 2.75) is 36.4 Å². The second kappa shape index (κ2) is 7.03. The molecule has 0 aromatic carbocycles. The molecule has 0 amide bonds. The van der Waals surface area contributed by atoms with Crippen LogP contribution in [0.3, 0.4) is 0 Å². The summed E-state index contributed by atoms with van der Waals surface area (Å²) in [5, 5.41) is 0. The van der Waals surface area contributed by atoms with E-state index in [1.165, 1.54) is 11.3 Å². The lowest BCUT2D eigenvalue weighted by Crippen LogP contribution is -2.53. The number of sulfone groups is 1. The maximum Gasteiger partial charge on any atom is 0.252 e. The van der Waals surface area contributed by atoms with E-state index >= 15 is 0 Å². The van der Waals surface area contributed by atoms with E-state index in [0.717, 1.165) is 11.3 Å². The smallest absolute Gasteiger partial charge is 0.252 e. The van der Waals surface area contributed by atoms with Crippen molar-refractivity contribution in [3.63, 3.8) is 0 Å². The zero-order chi connectivity index (χ0) is 17.4. The lowest BCUT2D eigenvalue weighted by molar-refractivity contribution is 0.129. The summed E-state index contributed by atoms with van der Waals surface area (Å²) in [5.74, 6) is 0.510. The van der Waals surface area contributed by atoms with Crippen molar-refractivity contribution in [1.29, 1.82) is 0 Å². The first-order valence-corrected chi connectivity index (χ1v) is 12.4. The molecule has 136 valence electrons. The molecule has 1 aromatic heterocycles. The minimum Gasteiger partial charge on any atom is -0.298 e. The zero-order valence-corrected chi connectivity index (χ0v) is 16.3. The van der Waals surface area contributed by atoms with E-state index in [2.05, 4.69) is 4.90 Å². The van der Waals surface area contributed by atoms with Gasteiger partial charge in [-0.1, -0.05) is 6.92 Å². The molecule has 9 heteroatoms. The Morgan fingerprint density at radius 2 is 1.75 bits per heavy atom. The molecule has 0 unspecified atom stereocenters. The Hall–Kier alpha value is -0.480. The first kappa shape index (κ1) is 18.3. The van der Waals surface area contributed by atoms with Crippen LogP contribution in [-0.2, 0) is 26.3 Å². The fourth-order valence-electron chi connectivity index (χ4n) is 3.37. The predicted octanol–water partition coefficient (Wildman–Crippen LogP) is 1.19. The highest BCUT2D eigenvalue weighted by atomic mass is 32.2. The third kappa shape index (κ3) is 3.85. The van der Waals surface area contributed by atoms with E-state index in [9.17, 15) is 16.8 Å². The molecule has 0 spiro atoms. The number of nitrogens with zero attached hydrogens (tertiary/aromatic N) is 2. The molecule has 0 N–H and O–H groups in total. The van der Waals surface area contributed by atoms with E-state index in [1.807, 2.05) is 13.0 Å². The molecule has 2 saturated heterocycles. The largest absolute Gasteiger partial charge is 0.298 e. The highest BCUT2D eigenvalue weighted by molar-refractivity contribution is 7.91. The normalized spacial score (nSPS) is 24.2. The minimum atomic E-state index is -3.39. The van der Waals surface area contributed by atoms with E-state index in [1.54, 1.807) is 10.4 Å². The Kier molecular flexibility index (Phi) is 5.36. The molecule has 3 heterocycles. The van der Waals surface area contributed by atoms with Crippen LogP contribution < -0.4 is 0 Å². The van der Waals surface area contributed by atoms with Crippen molar-refractivity contribution >= 4 is 31.2 Å². The number of sulfonamides is 1. The van der Waals surface area contributed by atoms with Crippen molar-refractivity contribution in [3.8, 4) is 0 Å². The van der Waals surface area contributed by atoms with Gasteiger partial charge in [0.1, 0.15) is 14.0 Å². The van der Waals surface area contributed by atoms with Gasteiger partial charge >= 0.3 is 0 Å². The molecular formula is C15H24N2O4S3. The predicted molar refractivity (Wildman–Crippen MR) is 95.7 cm³/mol. The Morgan fingerprint density at radius 3 is 2.29 bits per heavy atom. The molecule has 0 radical (unpaired) electrons. The standard InChI is InChI=1S/C15H24N2O4S3/c1-2-14-3-4-15(22-14)24(20,21)17-9-7-16(8-10-17)13-5-11-23(18,19)12-6-13/h3-4,13H,2,5-12H2,1H3. The topological polar surface area (TPSA) is 74.8 Å². The SMILES string of the molecule is CCc1ccc(S(=O)(=O)N2CCN(C3CCS(=O)(=O)CC3)CC2)s1. The summed E-state index contributed by atoms with van der Waals surface area (Å²) in [4.78, 5) is 3.34. The van der Waals surface area contributed by atoms with Gasteiger partial charge in [0.25, 0.3) is 10.0 Å². The summed E-state index contributed by atoms with van der Waals surface area (Å²) in [6.07, 6.45) is 2.18. The average molecular weight is 393 g/mol. The lowest BCUT2D eigenvalue weighted by Gasteiger charge is -2.39. The van der Waals surface area contributed by atoms with Gasteiger partial charge in [-0.2, -0.15) is 4.31 Å². The zero-order valence-electron chi connectivity index (χ0n) is 13.8. The molecule has 2 aliphatic rings. The van der Waals surface area contributed by atoms with Crippen LogP contribution in [-0.4, -0.2) is 69.8 Å². The van der Waals surface area contributed by atoms with E-state index in [0.29, 0.717) is 43.2 Å². The molecule has 6 nitrogen and oxygen atoms in total. The maximum atomic E-state index is 12.7. The molecule has 1 aromatic rings. The van der Waals surface area contributed by atoms with E-state index in [-0.39, 0.29) is 17.5 Å². The van der Waals surface area contributed by atoms with Crippen molar-refractivity contribution < 1.29 is 16.8 Å². The molecule has 0 bridgehead atoms. The molecular weight excluding hydrogens is 368 g/mol. The molecule has 3 rings (SSSR count). The average Bonchev–Trinajstić information content (AvgIpc) is 3.05. The van der Waals surface area contributed by atoms with Gasteiger partial charge in [-0.15, -0.1) is 11.3 Å². The van der Waals surface area contributed by atoms with Crippen LogP contribution in [0.5, 0.6) is 0 Å². The van der Waals surface area contributed by atoms with Crippen molar-refractivity contribution in [2.75, 3.05) is 37.7 Å². The number of aryl methyl sites for hydroxylation is 1. The van der Waals surface area contributed by atoms with Gasteiger partial charge in [-0.05, 0) is 31.4 Å². The fraction of sp³-hybridized carbons (Fsp3) is 0.733. The quantitative estimate of drug-likeness (QED) is 0.770. The van der Waals surface area contributed by atoms with Crippen LogP contribution in [0.4, 0.5) is 0 Å². The molecule has 0 atom stereocenters. The number of rotatable bonds is 4. The van der Waals surface area contributed by atoms with Gasteiger partial charge in [-0.25, -0.2) is 16.8 Å². The molecule has 24 heavy (non-hydrogen) atoms. The Morgan fingerprint density at radius 1 is 1.12 bits per heavy atom. The van der Waals surface area contributed by atoms with Crippen molar-refractivity contribution in [3.05, 3.63) is 17.0 Å². The second-order valence-electron chi connectivity index (χ2n) is 6.40. The van der Waals surface area contributed by atoms with E-state index in [4.69, 9.17) is 0 Å². The summed E-state index contributed by atoms with van der Waals surface area (Å²) in [6.45, 7) is 4.33.